The number of hydrogen-bond donors (Lipinski definition) is 1. The zero-order valence-corrected chi connectivity index (χ0v) is 15.8. The van der Waals surface area contributed by atoms with Crippen LogP contribution in [0.2, 0.25) is 0 Å². The summed E-state index contributed by atoms with van der Waals surface area (Å²) in [5, 5.41) is 4.20. The van der Waals surface area contributed by atoms with E-state index in [1.807, 2.05) is 12.4 Å². The summed E-state index contributed by atoms with van der Waals surface area (Å²) in [7, 11) is 0. The SMILES string of the molecule is Cc1cc(C)cc(NC(=S)N2CCn3cccc3[C@@H]2c2ccncc2)c1. The number of hydrogen-bond acceptors (Lipinski definition) is 2. The Labute approximate surface area is 159 Å². The first kappa shape index (κ1) is 16.8. The molecule has 1 N–H and O–H groups in total. The summed E-state index contributed by atoms with van der Waals surface area (Å²) < 4.78 is 2.31. The van der Waals surface area contributed by atoms with Gasteiger partial charge in [-0.2, -0.15) is 0 Å². The summed E-state index contributed by atoms with van der Waals surface area (Å²) in [6.07, 6.45) is 5.83. The molecule has 3 heterocycles. The van der Waals surface area contributed by atoms with Gasteiger partial charge in [-0.3, -0.25) is 4.98 Å². The van der Waals surface area contributed by atoms with Gasteiger partial charge in [-0.15, -0.1) is 0 Å². The Morgan fingerprint density at radius 2 is 1.81 bits per heavy atom. The van der Waals surface area contributed by atoms with Gasteiger partial charge >= 0.3 is 0 Å². The number of benzene rings is 1. The third kappa shape index (κ3) is 3.22. The van der Waals surface area contributed by atoms with Crippen molar-refractivity contribution in [2.45, 2.75) is 26.4 Å². The van der Waals surface area contributed by atoms with Gasteiger partial charge in [0.2, 0.25) is 0 Å². The third-order valence-electron chi connectivity index (χ3n) is 4.79. The van der Waals surface area contributed by atoms with Gasteiger partial charge in [0.1, 0.15) is 0 Å². The minimum absolute atomic E-state index is 0.0904. The van der Waals surface area contributed by atoms with Crippen molar-refractivity contribution in [3.63, 3.8) is 0 Å². The summed E-state index contributed by atoms with van der Waals surface area (Å²) in [6, 6.07) is 14.9. The monoisotopic (exact) mass is 362 g/mol. The number of pyridine rings is 1. The molecular formula is C21H22N4S. The number of anilines is 1. The van der Waals surface area contributed by atoms with Gasteiger partial charge in [0.15, 0.2) is 5.11 Å². The Balaban J connectivity index is 1.67. The van der Waals surface area contributed by atoms with E-state index in [0.717, 1.165) is 23.9 Å². The summed E-state index contributed by atoms with van der Waals surface area (Å²) in [5.41, 5.74) is 5.96. The highest BCUT2D eigenvalue weighted by atomic mass is 32.1. The van der Waals surface area contributed by atoms with E-state index in [2.05, 4.69) is 82.3 Å². The van der Waals surface area contributed by atoms with E-state index >= 15 is 0 Å². The number of nitrogens with zero attached hydrogens (tertiary/aromatic N) is 3. The maximum Gasteiger partial charge on any atom is 0.174 e. The van der Waals surface area contributed by atoms with Crippen molar-refractivity contribution in [2.24, 2.45) is 0 Å². The lowest BCUT2D eigenvalue weighted by atomic mass is 10.0. The Bertz CT molecular complexity index is 912. The molecule has 5 heteroatoms. The van der Waals surface area contributed by atoms with Gasteiger partial charge < -0.3 is 14.8 Å². The molecular weight excluding hydrogens is 340 g/mol. The third-order valence-corrected chi connectivity index (χ3v) is 5.13. The molecule has 1 aliphatic rings. The first-order valence-electron chi connectivity index (χ1n) is 8.83. The standard InChI is InChI=1S/C21H22N4S/c1-15-12-16(2)14-18(13-15)23-21(26)25-11-10-24-9-3-4-19(24)20(25)17-5-7-22-8-6-17/h3-9,12-14,20H,10-11H2,1-2H3,(H,23,26)/t20-/m0/s1. The molecule has 0 amide bonds. The molecule has 2 aromatic heterocycles. The highest BCUT2D eigenvalue weighted by molar-refractivity contribution is 7.80. The van der Waals surface area contributed by atoms with Crippen molar-refractivity contribution in [3.8, 4) is 0 Å². The van der Waals surface area contributed by atoms with E-state index in [9.17, 15) is 0 Å². The highest BCUT2D eigenvalue weighted by Crippen LogP contribution is 2.32. The summed E-state index contributed by atoms with van der Waals surface area (Å²) in [6.45, 7) is 6.01. The van der Waals surface area contributed by atoms with Crippen LogP contribution in [0.3, 0.4) is 0 Å². The van der Waals surface area contributed by atoms with Crippen LogP contribution in [0.4, 0.5) is 5.69 Å². The second-order valence-corrected chi connectivity index (χ2v) is 7.20. The van der Waals surface area contributed by atoms with Gasteiger partial charge in [0.25, 0.3) is 0 Å². The Morgan fingerprint density at radius 3 is 2.54 bits per heavy atom. The van der Waals surface area contributed by atoms with Crippen LogP contribution in [0.15, 0.2) is 61.1 Å². The zero-order chi connectivity index (χ0) is 18.1. The van der Waals surface area contributed by atoms with E-state index in [-0.39, 0.29) is 6.04 Å². The first-order valence-corrected chi connectivity index (χ1v) is 9.23. The molecule has 1 aliphatic heterocycles. The second-order valence-electron chi connectivity index (χ2n) is 6.81. The molecule has 4 rings (SSSR count). The van der Waals surface area contributed by atoms with Crippen molar-refractivity contribution in [2.75, 3.05) is 11.9 Å². The molecule has 0 spiro atoms. The average molecular weight is 363 g/mol. The Hall–Kier alpha value is -2.66. The van der Waals surface area contributed by atoms with Crippen LogP contribution >= 0.6 is 12.2 Å². The quantitative estimate of drug-likeness (QED) is 0.689. The molecule has 3 aromatic rings. The molecule has 0 aliphatic carbocycles. The predicted molar refractivity (Wildman–Crippen MR) is 109 cm³/mol. The minimum atomic E-state index is 0.0904. The van der Waals surface area contributed by atoms with Gasteiger partial charge in [0, 0.05) is 43.1 Å². The van der Waals surface area contributed by atoms with Crippen molar-refractivity contribution in [1.29, 1.82) is 0 Å². The smallest absolute Gasteiger partial charge is 0.174 e. The molecule has 26 heavy (non-hydrogen) atoms. The van der Waals surface area contributed by atoms with Crippen LogP contribution in [0.5, 0.6) is 0 Å². The van der Waals surface area contributed by atoms with Gasteiger partial charge in [-0.05, 0) is 79.2 Å². The van der Waals surface area contributed by atoms with Crippen LogP contribution in [0, 0.1) is 13.8 Å². The van der Waals surface area contributed by atoms with Crippen LogP contribution in [-0.2, 0) is 6.54 Å². The number of thiocarbonyl (C=S) groups is 1. The fourth-order valence-corrected chi connectivity index (χ4v) is 4.06. The topological polar surface area (TPSA) is 33.1 Å². The van der Waals surface area contributed by atoms with Gasteiger partial charge in [-0.25, -0.2) is 0 Å². The maximum absolute atomic E-state index is 5.81. The van der Waals surface area contributed by atoms with Crippen LogP contribution in [-0.4, -0.2) is 26.1 Å². The molecule has 4 nitrogen and oxygen atoms in total. The molecule has 132 valence electrons. The predicted octanol–water partition coefficient (Wildman–Crippen LogP) is 4.30. The lowest BCUT2D eigenvalue weighted by Gasteiger charge is -2.39. The van der Waals surface area contributed by atoms with E-state index < -0.39 is 0 Å². The minimum Gasteiger partial charge on any atom is -0.348 e. The summed E-state index contributed by atoms with van der Waals surface area (Å²) in [4.78, 5) is 6.44. The van der Waals surface area contributed by atoms with E-state index in [1.165, 1.54) is 22.4 Å². The highest BCUT2D eigenvalue weighted by Gasteiger charge is 2.30. The van der Waals surface area contributed by atoms with Crippen molar-refractivity contribution in [3.05, 3.63) is 83.4 Å². The van der Waals surface area contributed by atoms with Crippen molar-refractivity contribution >= 4 is 23.0 Å². The number of aryl methyl sites for hydroxylation is 2. The molecule has 0 saturated heterocycles. The maximum atomic E-state index is 5.81. The summed E-state index contributed by atoms with van der Waals surface area (Å²) in [5.74, 6) is 0. The number of aromatic nitrogens is 2. The van der Waals surface area contributed by atoms with E-state index in [4.69, 9.17) is 12.2 Å². The number of rotatable bonds is 2. The van der Waals surface area contributed by atoms with Crippen LogP contribution < -0.4 is 5.32 Å². The fourth-order valence-electron chi connectivity index (χ4n) is 3.74. The molecule has 1 aromatic carbocycles. The van der Waals surface area contributed by atoms with E-state index in [1.54, 1.807) is 0 Å². The van der Waals surface area contributed by atoms with Crippen LogP contribution in [0.25, 0.3) is 0 Å². The molecule has 0 fully saturated rings. The fraction of sp³-hybridized carbons (Fsp3) is 0.238. The molecule has 1 atom stereocenters. The lowest BCUT2D eigenvalue weighted by Crippen LogP contribution is -2.44. The van der Waals surface area contributed by atoms with Crippen LogP contribution in [0.1, 0.15) is 28.4 Å². The van der Waals surface area contributed by atoms with Crippen molar-refractivity contribution < 1.29 is 0 Å². The summed E-state index contributed by atoms with van der Waals surface area (Å²) >= 11 is 5.81. The number of nitrogens with one attached hydrogen (secondary N) is 1. The Morgan fingerprint density at radius 1 is 1.08 bits per heavy atom. The molecule has 0 bridgehead atoms. The lowest BCUT2D eigenvalue weighted by molar-refractivity contribution is 0.293. The Kier molecular flexibility index (Phi) is 4.47. The molecule has 0 unspecified atom stereocenters. The van der Waals surface area contributed by atoms with Gasteiger partial charge in [0.05, 0.1) is 6.04 Å². The number of fused-ring (bicyclic) bond motifs is 1. The zero-order valence-electron chi connectivity index (χ0n) is 15.0. The molecule has 0 saturated carbocycles. The van der Waals surface area contributed by atoms with E-state index in [0.29, 0.717) is 0 Å². The van der Waals surface area contributed by atoms with Gasteiger partial charge in [-0.1, -0.05) is 6.07 Å². The van der Waals surface area contributed by atoms with Crippen molar-refractivity contribution in [1.82, 2.24) is 14.5 Å². The second kappa shape index (κ2) is 6.92. The average Bonchev–Trinajstić information content (AvgIpc) is 3.09. The normalized spacial score (nSPS) is 16.2. The first-order chi connectivity index (χ1) is 12.6. The molecule has 0 radical (unpaired) electrons. The largest absolute Gasteiger partial charge is 0.348 e.